The van der Waals surface area contributed by atoms with Gasteiger partial charge in [0.1, 0.15) is 5.82 Å². The number of halogens is 2. The number of benzene rings is 2. The number of nitrogens with zero attached hydrogens (tertiary/aromatic N) is 1. The summed E-state index contributed by atoms with van der Waals surface area (Å²) in [4.78, 5) is 12.0. The molecular weight excluding hydrogens is 331 g/mol. The van der Waals surface area contributed by atoms with Gasteiger partial charge < -0.3 is 9.84 Å². The summed E-state index contributed by atoms with van der Waals surface area (Å²) in [7, 11) is 0. The van der Waals surface area contributed by atoms with Crippen LogP contribution < -0.4 is 5.32 Å². The quantitative estimate of drug-likeness (QED) is 0.761. The summed E-state index contributed by atoms with van der Waals surface area (Å²) in [5, 5.41) is 7.19. The van der Waals surface area contributed by atoms with Crippen LogP contribution in [0.1, 0.15) is 11.3 Å². The molecule has 0 saturated heterocycles. The number of nitrogens with one attached hydrogen (secondary N) is 1. The molecule has 0 aliphatic heterocycles. The SMILES string of the molecule is O=C(Cc1cc(-c2ccccc2F)on1)NCc1ccccc1Cl. The van der Waals surface area contributed by atoms with Crippen LogP contribution in [0.3, 0.4) is 0 Å². The van der Waals surface area contributed by atoms with Crippen LogP contribution in [0.4, 0.5) is 4.39 Å². The number of amides is 1. The Labute approximate surface area is 143 Å². The largest absolute Gasteiger partial charge is 0.356 e. The van der Waals surface area contributed by atoms with Crippen LogP contribution in [0, 0.1) is 5.82 Å². The number of rotatable bonds is 5. The lowest BCUT2D eigenvalue weighted by Crippen LogP contribution is -2.24. The van der Waals surface area contributed by atoms with E-state index < -0.39 is 5.82 Å². The summed E-state index contributed by atoms with van der Waals surface area (Å²) in [6, 6.07) is 15.1. The van der Waals surface area contributed by atoms with E-state index in [-0.39, 0.29) is 12.3 Å². The third-order valence-corrected chi connectivity index (χ3v) is 3.84. The van der Waals surface area contributed by atoms with E-state index in [4.69, 9.17) is 16.1 Å². The van der Waals surface area contributed by atoms with Crippen LogP contribution in [0.25, 0.3) is 11.3 Å². The van der Waals surface area contributed by atoms with Crippen molar-refractivity contribution in [1.29, 1.82) is 0 Å². The molecule has 0 aliphatic rings. The van der Waals surface area contributed by atoms with Crippen LogP contribution in [0.2, 0.25) is 5.02 Å². The molecule has 122 valence electrons. The molecule has 0 saturated carbocycles. The Hall–Kier alpha value is -2.66. The van der Waals surface area contributed by atoms with E-state index >= 15 is 0 Å². The molecule has 0 radical (unpaired) electrons. The van der Waals surface area contributed by atoms with E-state index in [1.54, 1.807) is 30.3 Å². The maximum atomic E-state index is 13.7. The lowest BCUT2D eigenvalue weighted by Gasteiger charge is -2.05. The van der Waals surface area contributed by atoms with Crippen molar-refractivity contribution in [2.45, 2.75) is 13.0 Å². The van der Waals surface area contributed by atoms with Crippen molar-refractivity contribution in [2.24, 2.45) is 0 Å². The summed E-state index contributed by atoms with van der Waals surface area (Å²) < 4.78 is 18.8. The van der Waals surface area contributed by atoms with Gasteiger partial charge in [0, 0.05) is 17.6 Å². The lowest BCUT2D eigenvalue weighted by atomic mass is 10.1. The van der Waals surface area contributed by atoms with Crippen molar-refractivity contribution >= 4 is 17.5 Å². The minimum atomic E-state index is -0.400. The average Bonchev–Trinajstić information content (AvgIpc) is 3.03. The van der Waals surface area contributed by atoms with E-state index in [1.807, 2.05) is 18.2 Å². The van der Waals surface area contributed by atoms with E-state index in [0.29, 0.717) is 28.6 Å². The van der Waals surface area contributed by atoms with E-state index in [1.165, 1.54) is 6.07 Å². The van der Waals surface area contributed by atoms with Gasteiger partial charge in [-0.1, -0.05) is 47.1 Å². The molecule has 1 aromatic heterocycles. The first kappa shape index (κ1) is 16.2. The van der Waals surface area contributed by atoms with Crippen molar-refractivity contribution in [3.63, 3.8) is 0 Å². The van der Waals surface area contributed by atoms with Crippen LogP contribution >= 0.6 is 11.6 Å². The topological polar surface area (TPSA) is 55.1 Å². The predicted molar refractivity (Wildman–Crippen MR) is 88.9 cm³/mol. The number of aromatic nitrogens is 1. The van der Waals surface area contributed by atoms with Crippen LogP contribution in [-0.2, 0) is 17.8 Å². The summed E-state index contributed by atoms with van der Waals surface area (Å²) in [6.45, 7) is 0.330. The number of hydrogen-bond acceptors (Lipinski definition) is 3. The molecule has 6 heteroatoms. The zero-order valence-corrected chi connectivity index (χ0v) is 13.4. The Bertz CT molecular complexity index is 863. The lowest BCUT2D eigenvalue weighted by molar-refractivity contribution is -0.120. The molecule has 1 amide bonds. The Kier molecular flexibility index (Phi) is 4.91. The number of hydrogen-bond donors (Lipinski definition) is 1. The summed E-state index contributed by atoms with van der Waals surface area (Å²) in [6.07, 6.45) is 0.0441. The molecule has 24 heavy (non-hydrogen) atoms. The predicted octanol–water partition coefficient (Wildman–Crippen LogP) is 3.99. The van der Waals surface area contributed by atoms with Gasteiger partial charge in [-0.2, -0.15) is 0 Å². The van der Waals surface area contributed by atoms with Gasteiger partial charge in [0.2, 0.25) is 5.91 Å². The fourth-order valence-electron chi connectivity index (χ4n) is 2.25. The molecule has 2 aromatic carbocycles. The van der Waals surface area contributed by atoms with Gasteiger partial charge in [-0.3, -0.25) is 4.79 Å². The standard InChI is InChI=1S/C18H14ClFN2O2/c19-15-7-3-1-5-12(15)11-21-18(23)10-13-9-17(24-22-13)14-6-2-4-8-16(14)20/h1-9H,10-11H2,(H,21,23). The fourth-order valence-corrected chi connectivity index (χ4v) is 2.45. The highest BCUT2D eigenvalue weighted by atomic mass is 35.5. The average molecular weight is 345 g/mol. The minimum Gasteiger partial charge on any atom is -0.356 e. The first-order valence-electron chi connectivity index (χ1n) is 7.34. The Morgan fingerprint density at radius 3 is 2.71 bits per heavy atom. The highest BCUT2D eigenvalue weighted by molar-refractivity contribution is 6.31. The molecule has 1 heterocycles. The minimum absolute atomic E-state index is 0.0441. The molecule has 3 aromatic rings. The van der Waals surface area contributed by atoms with Crippen molar-refractivity contribution in [1.82, 2.24) is 10.5 Å². The summed E-state index contributed by atoms with van der Waals surface area (Å²) >= 11 is 6.04. The summed E-state index contributed by atoms with van der Waals surface area (Å²) in [5.74, 6) is -0.325. The van der Waals surface area contributed by atoms with Crippen molar-refractivity contribution in [2.75, 3.05) is 0 Å². The molecule has 3 rings (SSSR count). The van der Waals surface area contributed by atoms with E-state index in [0.717, 1.165) is 5.56 Å². The smallest absolute Gasteiger partial charge is 0.226 e. The van der Waals surface area contributed by atoms with Gasteiger partial charge in [0.05, 0.1) is 17.7 Å². The summed E-state index contributed by atoms with van der Waals surface area (Å²) in [5.41, 5.74) is 1.58. The van der Waals surface area contributed by atoms with Crippen molar-refractivity contribution in [3.8, 4) is 11.3 Å². The second kappa shape index (κ2) is 7.27. The van der Waals surface area contributed by atoms with Gasteiger partial charge in [0.15, 0.2) is 5.76 Å². The Balaban J connectivity index is 1.62. The van der Waals surface area contributed by atoms with Crippen LogP contribution in [-0.4, -0.2) is 11.1 Å². The monoisotopic (exact) mass is 344 g/mol. The van der Waals surface area contributed by atoms with Gasteiger partial charge >= 0.3 is 0 Å². The van der Waals surface area contributed by atoms with Crippen LogP contribution in [0.5, 0.6) is 0 Å². The zero-order chi connectivity index (χ0) is 16.9. The van der Waals surface area contributed by atoms with Crippen molar-refractivity contribution in [3.05, 3.63) is 76.7 Å². The number of carbonyl (C=O) groups excluding carboxylic acids is 1. The second-order valence-electron chi connectivity index (χ2n) is 5.21. The third-order valence-electron chi connectivity index (χ3n) is 3.47. The van der Waals surface area contributed by atoms with Crippen molar-refractivity contribution < 1.29 is 13.7 Å². The highest BCUT2D eigenvalue weighted by Gasteiger charge is 2.13. The fraction of sp³-hybridized carbons (Fsp3) is 0.111. The van der Waals surface area contributed by atoms with Gasteiger partial charge in [0.25, 0.3) is 0 Å². The molecule has 0 atom stereocenters. The molecule has 1 N–H and O–H groups in total. The molecule has 0 aliphatic carbocycles. The highest BCUT2D eigenvalue weighted by Crippen LogP contribution is 2.23. The molecule has 0 spiro atoms. The Morgan fingerprint density at radius 2 is 1.92 bits per heavy atom. The van der Waals surface area contributed by atoms with Crippen LogP contribution in [0.15, 0.2) is 59.1 Å². The molecular formula is C18H14ClFN2O2. The third kappa shape index (κ3) is 3.81. The maximum absolute atomic E-state index is 13.7. The maximum Gasteiger partial charge on any atom is 0.226 e. The van der Waals surface area contributed by atoms with Gasteiger partial charge in [-0.15, -0.1) is 0 Å². The van der Waals surface area contributed by atoms with Gasteiger partial charge in [-0.25, -0.2) is 4.39 Å². The molecule has 0 bridgehead atoms. The second-order valence-corrected chi connectivity index (χ2v) is 5.61. The molecule has 0 unspecified atom stereocenters. The van der Waals surface area contributed by atoms with Gasteiger partial charge in [-0.05, 0) is 23.8 Å². The Morgan fingerprint density at radius 1 is 1.17 bits per heavy atom. The zero-order valence-electron chi connectivity index (χ0n) is 12.6. The number of carbonyl (C=O) groups is 1. The van der Waals surface area contributed by atoms with E-state index in [2.05, 4.69) is 10.5 Å². The van der Waals surface area contributed by atoms with E-state index in [9.17, 15) is 9.18 Å². The molecule has 0 fully saturated rings. The first-order valence-corrected chi connectivity index (χ1v) is 7.72. The normalized spacial score (nSPS) is 10.6. The first-order chi connectivity index (χ1) is 11.6. The molecule has 4 nitrogen and oxygen atoms in total.